The van der Waals surface area contributed by atoms with Gasteiger partial charge in [-0.05, 0) is 62.9 Å². The van der Waals surface area contributed by atoms with Gasteiger partial charge < -0.3 is 9.64 Å². The third kappa shape index (κ3) is 5.87. The van der Waals surface area contributed by atoms with Gasteiger partial charge in [0.25, 0.3) is 0 Å². The second-order valence-electron chi connectivity index (χ2n) is 6.97. The minimum Gasteiger partial charge on any atom is -0.492 e. The van der Waals surface area contributed by atoms with Crippen molar-refractivity contribution in [3.63, 3.8) is 0 Å². The smallest absolute Gasteiger partial charge is 0.236 e. The second-order valence-corrected chi connectivity index (χ2v) is 6.97. The summed E-state index contributed by atoms with van der Waals surface area (Å²) in [6.45, 7) is 10.1. The second kappa shape index (κ2) is 8.34. The maximum Gasteiger partial charge on any atom is 0.236 e. The average Bonchev–Trinajstić information content (AvgIpc) is 2.46. The summed E-state index contributed by atoms with van der Waals surface area (Å²) < 4.78 is 5.81. The molecule has 1 amide bonds. The molecule has 0 aromatic heterocycles. The van der Waals surface area contributed by atoms with Gasteiger partial charge in [-0.15, -0.1) is 0 Å². The lowest BCUT2D eigenvalue weighted by molar-refractivity contribution is -0.133. The maximum absolute atomic E-state index is 12.3. The number of carbonyl (C=O) groups is 1. The lowest BCUT2D eigenvalue weighted by atomic mass is 9.99. The molecule has 1 aromatic rings. The van der Waals surface area contributed by atoms with Crippen LogP contribution in [0.5, 0.6) is 5.75 Å². The Hall–Kier alpha value is -1.55. The van der Waals surface area contributed by atoms with E-state index in [0.29, 0.717) is 13.2 Å². The normalized spacial score (nSPS) is 16.0. The fourth-order valence-corrected chi connectivity index (χ4v) is 3.00. The number of benzene rings is 1. The predicted octanol–water partition coefficient (Wildman–Crippen LogP) is 2.87. The van der Waals surface area contributed by atoms with E-state index >= 15 is 0 Å². The van der Waals surface area contributed by atoms with E-state index in [1.807, 2.05) is 29.0 Å². The molecule has 1 fully saturated rings. The van der Waals surface area contributed by atoms with E-state index in [1.165, 1.54) is 11.1 Å². The van der Waals surface area contributed by atoms with Crippen LogP contribution in [-0.4, -0.2) is 55.5 Å². The molecule has 0 aliphatic carbocycles. The number of carbonyl (C=O) groups excluding carboxylic acids is 1. The number of likely N-dealkylation sites (N-methyl/N-ethyl adjacent to an activating group) is 1. The van der Waals surface area contributed by atoms with Gasteiger partial charge in [0, 0.05) is 19.6 Å². The average molecular weight is 318 g/mol. The number of ether oxygens (including phenoxy) is 1. The lowest BCUT2D eigenvalue weighted by Crippen LogP contribution is -2.43. The third-order valence-electron chi connectivity index (χ3n) is 4.48. The topological polar surface area (TPSA) is 32.8 Å². The first-order chi connectivity index (χ1) is 10.9. The van der Waals surface area contributed by atoms with Gasteiger partial charge in [0.1, 0.15) is 12.4 Å². The standard InChI is InChI=1S/C19H30N2O2/c1-15-5-7-21(8-6-15)19(22)14-20(4)9-10-23-18-12-16(2)11-17(3)13-18/h11-13,15H,5-10,14H2,1-4H3. The highest BCUT2D eigenvalue weighted by Crippen LogP contribution is 2.17. The zero-order chi connectivity index (χ0) is 16.8. The number of piperidine rings is 1. The van der Waals surface area contributed by atoms with E-state index in [-0.39, 0.29) is 5.91 Å². The van der Waals surface area contributed by atoms with E-state index in [1.54, 1.807) is 0 Å². The van der Waals surface area contributed by atoms with Crippen molar-refractivity contribution in [2.45, 2.75) is 33.6 Å². The zero-order valence-corrected chi connectivity index (χ0v) is 15.0. The molecule has 0 unspecified atom stereocenters. The molecule has 4 heteroatoms. The molecular weight excluding hydrogens is 288 g/mol. The van der Waals surface area contributed by atoms with E-state index in [2.05, 4.69) is 26.8 Å². The largest absolute Gasteiger partial charge is 0.492 e. The first kappa shape index (κ1) is 17.8. The number of hydrogen-bond donors (Lipinski definition) is 0. The summed E-state index contributed by atoms with van der Waals surface area (Å²) in [6.07, 6.45) is 2.26. The molecule has 23 heavy (non-hydrogen) atoms. The Balaban J connectivity index is 1.70. The van der Waals surface area contributed by atoms with Crippen LogP contribution in [0.15, 0.2) is 18.2 Å². The number of nitrogens with zero attached hydrogens (tertiary/aromatic N) is 2. The molecule has 1 aliphatic heterocycles. The maximum atomic E-state index is 12.3. The van der Waals surface area contributed by atoms with Gasteiger partial charge in [0.05, 0.1) is 6.54 Å². The van der Waals surface area contributed by atoms with Crippen LogP contribution in [0.25, 0.3) is 0 Å². The Kier molecular flexibility index (Phi) is 6.46. The van der Waals surface area contributed by atoms with Gasteiger partial charge >= 0.3 is 0 Å². The fraction of sp³-hybridized carbons (Fsp3) is 0.632. The molecule has 1 aromatic carbocycles. The van der Waals surface area contributed by atoms with Crippen molar-refractivity contribution in [2.24, 2.45) is 5.92 Å². The molecule has 1 saturated heterocycles. The van der Waals surface area contributed by atoms with Crippen LogP contribution in [0, 0.1) is 19.8 Å². The van der Waals surface area contributed by atoms with E-state index in [0.717, 1.165) is 44.1 Å². The zero-order valence-electron chi connectivity index (χ0n) is 15.0. The number of rotatable bonds is 6. The van der Waals surface area contributed by atoms with Crippen LogP contribution in [0.4, 0.5) is 0 Å². The fourth-order valence-electron chi connectivity index (χ4n) is 3.00. The Bertz CT molecular complexity index is 502. The van der Waals surface area contributed by atoms with E-state index < -0.39 is 0 Å². The minimum atomic E-state index is 0.241. The summed E-state index contributed by atoms with van der Waals surface area (Å²) in [4.78, 5) is 16.3. The Morgan fingerprint density at radius 2 is 1.83 bits per heavy atom. The molecule has 1 aliphatic rings. The number of hydrogen-bond acceptors (Lipinski definition) is 3. The molecule has 0 saturated carbocycles. The van der Waals surface area contributed by atoms with Gasteiger partial charge in [-0.3, -0.25) is 9.69 Å². The summed E-state index contributed by atoms with van der Waals surface area (Å²) >= 11 is 0. The first-order valence-electron chi connectivity index (χ1n) is 8.61. The number of amides is 1. The summed E-state index contributed by atoms with van der Waals surface area (Å²) in [5, 5.41) is 0. The molecular formula is C19H30N2O2. The Morgan fingerprint density at radius 3 is 2.43 bits per heavy atom. The van der Waals surface area contributed by atoms with Crippen molar-refractivity contribution in [1.29, 1.82) is 0 Å². The highest BCUT2D eigenvalue weighted by Gasteiger charge is 2.20. The monoisotopic (exact) mass is 318 g/mol. The molecule has 0 spiro atoms. The molecule has 1 heterocycles. The first-order valence-corrected chi connectivity index (χ1v) is 8.61. The molecule has 0 radical (unpaired) electrons. The van der Waals surface area contributed by atoms with Crippen molar-refractivity contribution in [3.05, 3.63) is 29.3 Å². The molecule has 4 nitrogen and oxygen atoms in total. The van der Waals surface area contributed by atoms with Crippen LogP contribution < -0.4 is 4.74 Å². The van der Waals surface area contributed by atoms with Crippen molar-refractivity contribution in [3.8, 4) is 5.75 Å². The van der Waals surface area contributed by atoms with Crippen LogP contribution >= 0.6 is 0 Å². The third-order valence-corrected chi connectivity index (χ3v) is 4.48. The molecule has 0 atom stereocenters. The van der Waals surface area contributed by atoms with Crippen molar-refractivity contribution in [2.75, 3.05) is 39.8 Å². The Labute approximate surface area is 140 Å². The van der Waals surface area contributed by atoms with Gasteiger partial charge in [0.15, 0.2) is 0 Å². The lowest BCUT2D eigenvalue weighted by Gasteiger charge is -2.31. The van der Waals surface area contributed by atoms with Gasteiger partial charge in [-0.1, -0.05) is 13.0 Å². The van der Waals surface area contributed by atoms with E-state index in [9.17, 15) is 4.79 Å². The minimum absolute atomic E-state index is 0.241. The Morgan fingerprint density at radius 1 is 1.22 bits per heavy atom. The van der Waals surface area contributed by atoms with Crippen molar-refractivity contribution in [1.82, 2.24) is 9.80 Å². The van der Waals surface area contributed by atoms with Crippen molar-refractivity contribution < 1.29 is 9.53 Å². The van der Waals surface area contributed by atoms with Crippen LogP contribution in [0.2, 0.25) is 0 Å². The molecule has 128 valence electrons. The van der Waals surface area contributed by atoms with Crippen molar-refractivity contribution >= 4 is 5.91 Å². The predicted molar refractivity (Wildman–Crippen MR) is 93.9 cm³/mol. The molecule has 0 bridgehead atoms. The molecule has 2 rings (SSSR count). The summed E-state index contributed by atoms with van der Waals surface area (Å²) in [6, 6.07) is 6.23. The van der Waals surface area contributed by atoms with Gasteiger partial charge in [0.2, 0.25) is 5.91 Å². The van der Waals surface area contributed by atoms with Crippen LogP contribution in [0.1, 0.15) is 30.9 Å². The molecule has 0 N–H and O–H groups in total. The summed E-state index contributed by atoms with van der Waals surface area (Å²) in [5.74, 6) is 1.90. The number of aryl methyl sites for hydroxylation is 2. The summed E-state index contributed by atoms with van der Waals surface area (Å²) in [7, 11) is 1.98. The highest BCUT2D eigenvalue weighted by atomic mass is 16.5. The van der Waals surface area contributed by atoms with Crippen LogP contribution in [-0.2, 0) is 4.79 Å². The summed E-state index contributed by atoms with van der Waals surface area (Å²) in [5.41, 5.74) is 2.42. The van der Waals surface area contributed by atoms with Crippen LogP contribution in [0.3, 0.4) is 0 Å². The highest BCUT2D eigenvalue weighted by molar-refractivity contribution is 5.78. The number of likely N-dealkylation sites (tertiary alicyclic amines) is 1. The van der Waals surface area contributed by atoms with E-state index in [4.69, 9.17) is 4.74 Å². The van der Waals surface area contributed by atoms with Gasteiger partial charge in [-0.25, -0.2) is 0 Å². The quantitative estimate of drug-likeness (QED) is 0.808. The van der Waals surface area contributed by atoms with Gasteiger partial charge in [-0.2, -0.15) is 0 Å². The SMILES string of the molecule is Cc1cc(C)cc(OCCN(C)CC(=O)N2CCC(C)CC2)c1.